The van der Waals surface area contributed by atoms with E-state index in [9.17, 15) is 4.79 Å². The number of hydrogen-bond acceptors (Lipinski definition) is 3. The zero-order chi connectivity index (χ0) is 10.4. The van der Waals surface area contributed by atoms with E-state index in [2.05, 4.69) is 0 Å². The van der Waals surface area contributed by atoms with Crippen LogP contribution in [0.15, 0.2) is 17.5 Å². The number of carbonyl (C=O) groups excluding carboxylic acids is 1. The van der Waals surface area contributed by atoms with E-state index in [1.165, 1.54) is 11.3 Å². The van der Waals surface area contributed by atoms with Crippen molar-refractivity contribution in [2.75, 3.05) is 19.7 Å². The normalized spacial score (nSPS) is 10.1. The number of amides is 1. The molecule has 0 atom stereocenters. The second-order valence-corrected chi connectivity index (χ2v) is 3.89. The van der Waals surface area contributed by atoms with Crippen LogP contribution >= 0.6 is 11.3 Å². The van der Waals surface area contributed by atoms with Crippen molar-refractivity contribution in [2.24, 2.45) is 0 Å². The number of nitrogens with zero attached hydrogens (tertiary/aromatic N) is 1. The molecule has 0 bridgehead atoms. The highest BCUT2D eigenvalue weighted by Gasteiger charge is 2.13. The minimum atomic E-state index is 0.0657. The van der Waals surface area contributed by atoms with Crippen LogP contribution in [-0.4, -0.2) is 35.6 Å². The summed E-state index contributed by atoms with van der Waals surface area (Å²) >= 11 is 1.45. The highest BCUT2D eigenvalue weighted by Crippen LogP contribution is 2.11. The van der Waals surface area contributed by atoms with Gasteiger partial charge in [0.15, 0.2) is 0 Å². The van der Waals surface area contributed by atoms with E-state index in [1.54, 1.807) is 4.90 Å². The number of hydrogen-bond donors (Lipinski definition) is 1. The Balaban J connectivity index is 2.56. The van der Waals surface area contributed by atoms with Crippen LogP contribution in [0.25, 0.3) is 0 Å². The van der Waals surface area contributed by atoms with Gasteiger partial charge in [-0.1, -0.05) is 6.07 Å². The van der Waals surface area contributed by atoms with Crippen LogP contribution in [0.4, 0.5) is 0 Å². The quantitative estimate of drug-likeness (QED) is 0.807. The second kappa shape index (κ2) is 5.78. The van der Waals surface area contributed by atoms with Gasteiger partial charge < -0.3 is 10.0 Å². The fourth-order valence-electron chi connectivity index (χ4n) is 1.22. The van der Waals surface area contributed by atoms with Gasteiger partial charge in [-0.3, -0.25) is 4.79 Å². The van der Waals surface area contributed by atoms with E-state index in [0.717, 1.165) is 4.88 Å². The summed E-state index contributed by atoms with van der Waals surface area (Å²) in [5.74, 6) is 0.0657. The lowest BCUT2D eigenvalue weighted by molar-refractivity contribution is 0.0759. The number of aliphatic hydroxyl groups excluding tert-OH is 1. The molecule has 4 heteroatoms. The first-order chi connectivity index (χ1) is 6.79. The van der Waals surface area contributed by atoms with Gasteiger partial charge in [-0.15, -0.1) is 11.3 Å². The van der Waals surface area contributed by atoms with E-state index in [-0.39, 0.29) is 12.5 Å². The molecule has 14 heavy (non-hydrogen) atoms. The largest absolute Gasteiger partial charge is 0.396 e. The topological polar surface area (TPSA) is 40.5 Å². The van der Waals surface area contributed by atoms with Crippen LogP contribution in [0.1, 0.15) is 23.0 Å². The first-order valence-corrected chi connectivity index (χ1v) is 5.61. The Labute approximate surface area is 88.0 Å². The Morgan fingerprint density at radius 1 is 1.64 bits per heavy atom. The molecule has 0 saturated carbocycles. The summed E-state index contributed by atoms with van der Waals surface area (Å²) in [6, 6.07) is 3.70. The molecule has 78 valence electrons. The summed E-state index contributed by atoms with van der Waals surface area (Å²) in [4.78, 5) is 14.3. The lowest BCUT2D eigenvalue weighted by Crippen LogP contribution is -2.31. The molecule has 1 rings (SSSR count). The molecular weight excluding hydrogens is 198 g/mol. The molecule has 3 nitrogen and oxygen atoms in total. The standard InChI is InChI=1S/C10H15NO2S/c1-2-11(6-4-7-12)10(13)9-5-3-8-14-9/h3,5,8,12H,2,4,6-7H2,1H3. The van der Waals surface area contributed by atoms with Gasteiger partial charge in [0.25, 0.3) is 5.91 Å². The summed E-state index contributed by atoms with van der Waals surface area (Å²) in [6.45, 7) is 3.40. The SMILES string of the molecule is CCN(CCCO)C(=O)c1cccs1. The van der Waals surface area contributed by atoms with Crippen LogP contribution in [0.5, 0.6) is 0 Å². The van der Waals surface area contributed by atoms with Gasteiger partial charge >= 0.3 is 0 Å². The Kier molecular flexibility index (Phi) is 4.62. The van der Waals surface area contributed by atoms with Crippen LogP contribution in [0.3, 0.4) is 0 Å². The molecule has 0 aliphatic rings. The fraction of sp³-hybridized carbons (Fsp3) is 0.500. The van der Waals surface area contributed by atoms with Crippen molar-refractivity contribution in [3.05, 3.63) is 22.4 Å². The molecule has 0 aliphatic carbocycles. The predicted molar refractivity (Wildman–Crippen MR) is 57.6 cm³/mol. The third-order valence-corrected chi connectivity index (χ3v) is 2.84. The Morgan fingerprint density at radius 2 is 2.43 bits per heavy atom. The smallest absolute Gasteiger partial charge is 0.263 e. The molecule has 0 unspecified atom stereocenters. The Bertz CT molecular complexity index is 272. The highest BCUT2D eigenvalue weighted by atomic mass is 32.1. The van der Waals surface area contributed by atoms with Gasteiger partial charge in [0.05, 0.1) is 4.88 Å². The fourth-order valence-corrected chi connectivity index (χ4v) is 1.91. The van der Waals surface area contributed by atoms with E-state index >= 15 is 0 Å². The lowest BCUT2D eigenvalue weighted by atomic mass is 10.3. The molecule has 0 aromatic carbocycles. The average Bonchev–Trinajstić information content (AvgIpc) is 2.71. The van der Waals surface area contributed by atoms with Crippen molar-refractivity contribution in [1.82, 2.24) is 4.90 Å². The number of aliphatic hydroxyl groups is 1. The molecule has 1 N–H and O–H groups in total. The van der Waals surface area contributed by atoms with Gasteiger partial charge in [-0.25, -0.2) is 0 Å². The van der Waals surface area contributed by atoms with Crippen molar-refractivity contribution in [3.63, 3.8) is 0 Å². The van der Waals surface area contributed by atoms with Gasteiger partial charge in [0.2, 0.25) is 0 Å². The first-order valence-electron chi connectivity index (χ1n) is 4.73. The van der Waals surface area contributed by atoms with Crippen molar-refractivity contribution in [1.29, 1.82) is 0 Å². The molecule has 1 aromatic heterocycles. The number of carbonyl (C=O) groups is 1. The summed E-state index contributed by atoms with van der Waals surface area (Å²) in [6.07, 6.45) is 0.644. The zero-order valence-electron chi connectivity index (χ0n) is 8.27. The van der Waals surface area contributed by atoms with Crippen molar-refractivity contribution in [2.45, 2.75) is 13.3 Å². The third-order valence-electron chi connectivity index (χ3n) is 1.99. The number of thiophene rings is 1. The van der Waals surface area contributed by atoms with Crippen LogP contribution in [0.2, 0.25) is 0 Å². The van der Waals surface area contributed by atoms with Gasteiger partial charge in [-0.2, -0.15) is 0 Å². The molecular formula is C10H15NO2S. The van der Waals surface area contributed by atoms with E-state index < -0.39 is 0 Å². The summed E-state index contributed by atoms with van der Waals surface area (Å²) in [5, 5.41) is 10.6. The van der Waals surface area contributed by atoms with Crippen LogP contribution < -0.4 is 0 Å². The lowest BCUT2D eigenvalue weighted by Gasteiger charge is -2.19. The summed E-state index contributed by atoms with van der Waals surface area (Å²) in [5.41, 5.74) is 0. The minimum Gasteiger partial charge on any atom is -0.396 e. The molecule has 0 saturated heterocycles. The molecule has 0 fully saturated rings. The molecule has 0 radical (unpaired) electrons. The molecule has 1 heterocycles. The maximum atomic E-state index is 11.8. The average molecular weight is 213 g/mol. The molecule has 0 aliphatic heterocycles. The van der Waals surface area contributed by atoms with Crippen molar-refractivity contribution >= 4 is 17.2 Å². The van der Waals surface area contributed by atoms with E-state index in [0.29, 0.717) is 19.5 Å². The monoisotopic (exact) mass is 213 g/mol. The van der Waals surface area contributed by atoms with Gasteiger partial charge in [-0.05, 0) is 24.8 Å². The predicted octanol–water partition coefficient (Wildman–Crippen LogP) is 1.59. The maximum absolute atomic E-state index is 11.8. The summed E-state index contributed by atoms with van der Waals surface area (Å²) in [7, 11) is 0. The highest BCUT2D eigenvalue weighted by molar-refractivity contribution is 7.12. The number of rotatable bonds is 5. The minimum absolute atomic E-state index is 0.0657. The van der Waals surface area contributed by atoms with Gasteiger partial charge in [0.1, 0.15) is 0 Å². The molecule has 1 amide bonds. The Morgan fingerprint density at radius 3 is 2.93 bits per heavy atom. The van der Waals surface area contributed by atoms with Gasteiger partial charge in [0, 0.05) is 19.7 Å². The van der Waals surface area contributed by atoms with Crippen LogP contribution in [-0.2, 0) is 0 Å². The maximum Gasteiger partial charge on any atom is 0.263 e. The second-order valence-electron chi connectivity index (χ2n) is 2.94. The third kappa shape index (κ3) is 2.82. The van der Waals surface area contributed by atoms with E-state index in [1.807, 2.05) is 24.4 Å². The zero-order valence-corrected chi connectivity index (χ0v) is 9.09. The summed E-state index contributed by atoms with van der Waals surface area (Å²) < 4.78 is 0. The van der Waals surface area contributed by atoms with Crippen molar-refractivity contribution in [3.8, 4) is 0 Å². The molecule has 1 aromatic rings. The molecule has 0 spiro atoms. The Hall–Kier alpha value is -0.870. The van der Waals surface area contributed by atoms with Crippen molar-refractivity contribution < 1.29 is 9.90 Å². The van der Waals surface area contributed by atoms with Crippen LogP contribution in [0, 0.1) is 0 Å². The van der Waals surface area contributed by atoms with E-state index in [4.69, 9.17) is 5.11 Å². The first kappa shape index (κ1) is 11.2.